The van der Waals surface area contributed by atoms with E-state index < -0.39 is 10.0 Å². The topological polar surface area (TPSA) is 107 Å². The third-order valence-corrected chi connectivity index (χ3v) is 7.56. The average Bonchev–Trinajstić information content (AvgIpc) is 3.19. The Morgan fingerprint density at radius 3 is 2.66 bits per heavy atom. The molecule has 7 nitrogen and oxygen atoms in total. The molecule has 0 spiro atoms. The van der Waals surface area contributed by atoms with Gasteiger partial charge in [-0.05, 0) is 43.2 Å². The predicted molar refractivity (Wildman–Crippen MR) is 112 cm³/mol. The first-order valence-electron chi connectivity index (χ1n) is 8.67. The molecule has 0 radical (unpaired) electrons. The number of sulfonamides is 1. The van der Waals surface area contributed by atoms with Gasteiger partial charge < -0.3 is 5.32 Å². The lowest BCUT2D eigenvalue weighted by molar-refractivity contribution is 0.0950. The van der Waals surface area contributed by atoms with E-state index in [1.54, 1.807) is 28.9 Å². The molecule has 0 bridgehead atoms. The normalized spacial score (nSPS) is 14.2. The van der Waals surface area contributed by atoms with Crippen LogP contribution in [-0.4, -0.2) is 24.1 Å². The maximum atomic E-state index is 12.8. The lowest BCUT2D eigenvalue weighted by atomic mass is 10.1. The number of thiophene rings is 1. The molecule has 0 aliphatic heterocycles. The van der Waals surface area contributed by atoms with Gasteiger partial charge in [-0.1, -0.05) is 23.2 Å². The zero-order valence-electron chi connectivity index (χ0n) is 14.9. The van der Waals surface area contributed by atoms with Crippen LogP contribution in [0.2, 0.25) is 10.0 Å². The number of nitrogens with two attached hydrogens (primary N) is 1. The van der Waals surface area contributed by atoms with Crippen molar-refractivity contribution in [1.29, 1.82) is 0 Å². The first-order chi connectivity index (χ1) is 13.7. The maximum absolute atomic E-state index is 12.8. The van der Waals surface area contributed by atoms with E-state index in [2.05, 4.69) is 10.4 Å². The number of carbonyl (C=O) groups excluding carboxylic acids is 1. The number of primary sulfonamides is 1. The summed E-state index contributed by atoms with van der Waals surface area (Å²) in [6, 6.07) is 8.18. The molecule has 1 aromatic carbocycles. The number of benzene rings is 1. The fourth-order valence-corrected chi connectivity index (χ4v) is 5.20. The second-order valence-electron chi connectivity index (χ2n) is 6.67. The Morgan fingerprint density at radius 1 is 1.28 bits per heavy atom. The monoisotopic (exact) mass is 470 g/mol. The molecule has 11 heteroatoms. The van der Waals surface area contributed by atoms with Crippen LogP contribution in [0.5, 0.6) is 0 Å². The van der Waals surface area contributed by atoms with Gasteiger partial charge in [-0.15, -0.1) is 11.3 Å². The zero-order valence-corrected chi connectivity index (χ0v) is 18.1. The summed E-state index contributed by atoms with van der Waals surface area (Å²) >= 11 is 13.3. The van der Waals surface area contributed by atoms with Gasteiger partial charge in [0.2, 0.25) is 10.0 Å². The van der Waals surface area contributed by atoms with Crippen molar-refractivity contribution in [3.63, 3.8) is 0 Å². The molecule has 1 aliphatic rings. The van der Waals surface area contributed by atoms with Gasteiger partial charge in [0.05, 0.1) is 34.7 Å². The molecule has 0 unspecified atom stereocenters. The van der Waals surface area contributed by atoms with Crippen molar-refractivity contribution >= 4 is 50.5 Å². The zero-order chi connectivity index (χ0) is 20.8. The second kappa shape index (κ2) is 7.73. The minimum atomic E-state index is -3.75. The van der Waals surface area contributed by atoms with Crippen LogP contribution in [0, 0.1) is 0 Å². The van der Waals surface area contributed by atoms with Crippen molar-refractivity contribution in [1.82, 2.24) is 15.1 Å². The summed E-state index contributed by atoms with van der Waals surface area (Å²) in [7, 11) is -3.75. The van der Waals surface area contributed by atoms with Crippen molar-refractivity contribution in [2.75, 3.05) is 0 Å². The Hall–Kier alpha value is -1.91. The minimum Gasteiger partial charge on any atom is -0.347 e. The van der Waals surface area contributed by atoms with E-state index in [0.717, 1.165) is 29.9 Å². The van der Waals surface area contributed by atoms with E-state index in [4.69, 9.17) is 28.3 Å². The number of hydrogen-bond donors (Lipinski definition) is 2. The Bertz CT molecular complexity index is 1200. The molecule has 1 fully saturated rings. The van der Waals surface area contributed by atoms with Crippen LogP contribution >= 0.6 is 34.5 Å². The van der Waals surface area contributed by atoms with Crippen molar-refractivity contribution < 1.29 is 13.2 Å². The van der Waals surface area contributed by atoms with Gasteiger partial charge in [0.25, 0.3) is 5.91 Å². The Balaban J connectivity index is 1.58. The van der Waals surface area contributed by atoms with E-state index in [-0.39, 0.29) is 22.6 Å². The van der Waals surface area contributed by atoms with Gasteiger partial charge in [-0.25, -0.2) is 18.2 Å². The summed E-state index contributed by atoms with van der Waals surface area (Å²) in [4.78, 5) is 13.5. The molecule has 4 rings (SSSR count). The lowest BCUT2D eigenvalue weighted by Gasteiger charge is -2.11. The van der Waals surface area contributed by atoms with Gasteiger partial charge in [0.1, 0.15) is 4.21 Å². The summed E-state index contributed by atoms with van der Waals surface area (Å²) in [5.74, 6) is -0.0468. The molecule has 29 heavy (non-hydrogen) atoms. The number of nitrogens with zero attached hydrogens (tertiary/aromatic N) is 2. The first-order valence-corrected chi connectivity index (χ1v) is 11.8. The maximum Gasteiger partial charge on any atom is 0.255 e. The highest BCUT2D eigenvalue weighted by molar-refractivity contribution is 7.91. The number of nitrogens with one attached hydrogen (secondary N) is 1. The Labute approximate surface area is 181 Å². The smallest absolute Gasteiger partial charge is 0.255 e. The van der Waals surface area contributed by atoms with E-state index in [1.807, 2.05) is 0 Å². The highest BCUT2D eigenvalue weighted by Gasteiger charge is 2.33. The number of amides is 1. The number of halogens is 2. The van der Waals surface area contributed by atoms with Crippen LogP contribution < -0.4 is 10.5 Å². The van der Waals surface area contributed by atoms with Gasteiger partial charge >= 0.3 is 0 Å². The van der Waals surface area contributed by atoms with Crippen molar-refractivity contribution in [2.45, 2.75) is 29.5 Å². The molecule has 0 atom stereocenters. The number of rotatable bonds is 6. The molecule has 1 amide bonds. The molecule has 3 aromatic rings. The van der Waals surface area contributed by atoms with Crippen LogP contribution in [0.15, 0.2) is 40.7 Å². The molecular formula is C18H16Cl2N4O3S2. The summed E-state index contributed by atoms with van der Waals surface area (Å²) < 4.78 is 24.5. The number of hydrogen-bond acceptors (Lipinski definition) is 5. The van der Waals surface area contributed by atoms with Crippen LogP contribution in [-0.2, 0) is 16.6 Å². The SMILES string of the molecule is NS(=O)(=O)c1ccc(CNC(=O)c2cnn(-c3ccc(Cl)cc3Cl)c2C2CC2)s1. The largest absolute Gasteiger partial charge is 0.347 e. The summed E-state index contributed by atoms with van der Waals surface area (Å²) in [6.45, 7) is 0.190. The van der Waals surface area contributed by atoms with Crippen molar-refractivity contribution in [2.24, 2.45) is 5.14 Å². The molecule has 1 aliphatic carbocycles. The molecule has 1 saturated carbocycles. The molecule has 2 aromatic heterocycles. The van der Waals surface area contributed by atoms with Crippen LogP contribution in [0.1, 0.15) is 39.7 Å². The fourth-order valence-electron chi connectivity index (χ4n) is 3.00. The van der Waals surface area contributed by atoms with Crippen LogP contribution in [0.3, 0.4) is 0 Å². The summed E-state index contributed by atoms with van der Waals surface area (Å²) in [6.07, 6.45) is 3.47. The minimum absolute atomic E-state index is 0.0608. The highest BCUT2D eigenvalue weighted by atomic mass is 35.5. The Kier molecular flexibility index (Phi) is 5.43. The third kappa shape index (κ3) is 4.34. The molecule has 2 heterocycles. The van der Waals surface area contributed by atoms with E-state index >= 15 is 0 Å². The number of aromatic nitrogens is 2. The summed E-state index contributed by atoms with van der Waals surface area (Å²) in [5.41, 5.74) is 1.94. The molecule has 0 saturated heterocycles. The van der Waals surface area contributed by atoms with Crippen LogP contribution in [0.25, 0.3) is 5.69 Å². The second-order valence-corrected chi connectivity index (χ2v) is 10.5. The van der Waals surface area contributed by atoms with E-state index in [0.29, 0.717) is 26.2 Å². The third-order valence-electron chi connectivity index (χ3n) is 4.49. The quantitative estimate of drug-likeness (QED) is 0.572. The molecule has 3 N–H and O–H groups in total. The number of carbonyl (C=O) groups is 1. The van der Waals surface area contributed by atoms with Gasteiger partial charge in [0.15, 0.2) is 0 Å². The Morgan fingerprint density at radius 2 is 2.03 bits per heavy atom. The van der Waals surface area contributed by atoms with Gasteiger partial charge in [0, 0.05) is 15.8 Å². The van der Waals surface area contributed by atoms with Crippen molar-refractivity contribution in [3.05, 3.63) is 62.7 Å². The molecule has 152 valence electrons. The van der Waals surface area contributed by atoms with Gasteiger partial charge in [-0.3, -0.25) is 4.79 Å². The van der Waals surface area contributed by atoms with Crippen molar-refractivity contribution in [3.8, 4) is 5.69 Å². The van der Waals surface area contributed by atoms with Crippen LogP contribution in [0.4, 0.5) is 0 Å². The van der Waals surface area contributed by atoms with E-state index in [1.165, 1.54) is 12.3 Å². The highest BCUT2D eigenvalue weighted by Crippen LogP contribution is 2.43. The lowest BCUT2D eigenvalue weighted by Crippen LogP contribution is -2.23. The standard InChI is InChI=1S/C18H16Cl2N4O3S2/c19-11-3-5-15(14(20)7-11)24-17(10-1-2-10)13(9-23-24)18(25)22-8-12-4-6-16(28-12)29(21,26)27/h3-7,9-10H,1-2,8H2,(H,22,25)(H2,21,26,27). The molecular weight excluding hydrogens is 455 g/mol. The first kappa shape index (κ1) is 20.4. The van der Waals surface area contributed by atoms with Gasteiger partial charge in [-0.2, -0.15) is 5.10 Å². The predicted octanol–water partition coefficient (Wildman–Crippen LogP) is 3.70. The van der Waals surface area contributed by atoms with E-state index in [9.17, 15) is 13.2 Å². The average molecular weight is 471 g/mol. The fraction of sp³-hybridized carbons (Fsp3) is 0.222. The summed E-state index contributed by atoms with van der Waals surface area (Å²) in [5, 5.41) is 13.3.